The highest BCUT2D eigenvalue weighted by Gasteiger charge is 2.09. The molecule has 4 rings (SSSR count). The minimum atomic E-state index is -0.211. The van der Waals surface area contributed by atoms with E-state index in [-0.39, 0.29) is 5.69 Å². The molecule has 0 aliphatic rings. The van der Waals surface area contributed by atoms with Crippen LogP contribution in [0.15, 0.2) is 83.8 Å². The number of hydrogen-bond donors (Lipinski definition) is 0. The van der Waals surface area contributed by atoms with Crippen LogP contribution < -0.4 is 10.4 Å². The van der Waals surface area contributed by atoms with E-state index in [0.29, 0.717) is 17.1 Å². The van der Waals surface area contributed by atoms with Crippen LogP contribution in [0, 0.1) is 0 Å². The molecule has 0 aliphatic carbocycles. The van der Waals surface area contributed by atoms with E-state index in [2.05, 4.69) is 5.10 Å². The fraction of sp³-hybridized carbons (Fsp3) is 0. The Morgan fingerprint density at radius 2 is 1.61 bits per heavy atom. The van der Waals surface area contributed by atoms with E-state index in [9.17, 15) is 4.79 Å². The summed E-state index contributed by atoms with van der Waals surface area (Å²) in [4.78, 5) is 12.4. The Hall–Kier alpha value is -3.34. The topological polar surface area (TPSA) is 48.5 Å². The van der Waals surface area contributed by atoms with Gasteiger partial charge >= 0.3 is 5.69 Å². The van der Waals surface area contributed by atoms with E-state index in [4.69, 9.17) is 4.74 Å². The molecule has 0 bridgehead atoms. The molecule has 2 aromatic heterocycles. The van der Waals surface area contributed by atoms with Crippen molar-refractivity contribution in [1.29, 1.82) is 0 Å². The highest BCUT2D eigenvalue weighted by molar-refractivity contribution is 5.43. The first kappa shape index (κ1) is 13.3. The summed E-state index contributed by atoms with van der Waals surface area (Å²) in [5, 5.41) is 4.34. The lowest BCUT2D eigenvalue weighted by Crippen LogP contribution is -2.19. The van der Waals surface area contributed by atoms with Gasteiger partial charge in [-0.25, -0.2) is 9.20 Å². The number of fused-ring (bicyclic) bond motifs is 1. The third-order valence-electron chi connectivity index (χ3n) is 3.47. The molecule has 0 fully saturated rings. The molecule has 5 nitrogen and oxygen atoms in total. The van der Waals surface area contributed by atoms with E-state index < -0.39 is 0 Å². The first-order chi connectivity index (χ1) is 11.3. The van der Waals surface area contributed by atoms with Crippen LogP contribution in [0.2, 0.25) is 0 Å². The summed E-state index contributed by atoms with van der Waals surface area (Å²) in [5.74, 6) is 1.39. The molecule has 23 heavy (non-hydrogen) atoms. The maximum Gasteiger partial charge on any atom is 0.355 e. The first-order valence-corrected chi connectivity index (χ1v) is 7.21. The second-order valence-electron chi connectivity index (χ2n) is 5.04. The molecule has 2 aromatic carbocycles. The maximum atomic E-state index is 12.4. The molecule has 0 spiro atoms. The summed E-state index contributed by atoms with van der Waals surface area (Å²) in [5.41, 5.74) is 1.05. The van der Waals surface area contributed by atoms with Gasteiger partial charge in [-0.05, 0) is 36.4 Å². The zero-order valence-electron chi connectivity index (χ0n) is 12.2. The molecular weight excluding hydrogens is 290 g/mol. The van der Waals surface area contributed by atoms with Crippen LogP contribution in [-0.4, -0.2) is 14.2 Å². The van der Waals surface area contributed by atoms with Crippen molar-refractivity contribution in [3.8, 4) is 17.2 Å². The molecule has 0 radical (unpaired) electrons. The first-order valence-electron chi connectivity index (χ1n) is 7.21. The second kappa shape index (κ2) is 5.46. The summed E-state index contributed by atoms with van der Waals surface area (Å²) in [6.45, 7) is 0. The Kier molecular flexibility index (Phi) is 3.16. The molecule has 0 unspecified atom stereocenters. The van der Waals surface area contributed by atoms with E-state index in [0.717, 1.165) is 5.75 Å². The van der Waals surface area contributed by atoms with Gasteiger partial charge in [0.25, 0.3) is 0 Å². The molecule has 0 saturated carbocycles. The predicted octanol–water partition coefficient (Wildman–Crippen LogP) is 3.28. The minimum absolute atomic E-state index is 0.211. The number of para-hydroxylation sites is 1. The summed E-state index contributed by atoms with van der Waals surface area (Å²) >= 11 is 0. The van der Waals surface area contributed by atoms with E-state index in [1.165, 1.54) is 9.08 Å². The zero-order chi connectivity index (χ0) is 15.6. The van der Waals surface area contributed by atoms with Gasteiger partial charge in [0, 0.05) is 12.3 Å². The molecule has 5 heteroatoms. The van der Waals surface area contributed by atoms with Crippen LogP contribution in [0.5, 0.6) is 11.5 Å². The number of aromatic nitrogens is 3. The number of nitrogens with zero attached hydrogens (tertiary/aromatic N) is 3. The van der Waals surface area contributed by atoms with Crippen molar-refractivity contribution in [2.24, 2.45) is 0 Å². The minimum Gasteiger partial charge on any atom is -0.457 e. The fourth-order valence-corrected chi connectivity index (χ4v) is 2.40. The zero-order valence-corrected chi connectivity index (χ0v) is 12.2. The van der Waals surface area contributed by atoms with Crippen molar-refractivity contribution in [3.63, 3.8) is 0 Å². The third kappa shape index (κ3) is 2.48. The van der Waals surface area contributed by atoms with Crippen molar-refractivity contribution in [2.75, 3.05) is 0 Å². The molecule has 0 aliphatic heterocycles. The van der Waals surface area contributed by atoms with Gasteiger partial charge in [0.05, 0.1) is 5.69 Å². The Balaban J connectivity index is 1.76. The van der Waals surface area contributed by atoms with Crippen LogP contribution in [-0.2, 0) is 0 Å². The SMILES string of the molecule is O=c1n(-c2cccc(Oc3ccccc3)c2)nc2ccccn12. The van der Waals surface area contributed by atoms with Crippen LogP contribution in [0.3, 0.4) is 0 Å². The van der Waals surface area contributed by atoms with Crippen molar-refractivity contribution >= 4 is 5.65 Å². The number of benzene rings is 2. The lowest BCUT2D eigenvalue weighted by atomic mass is 10.3. The van der Waals surface area contributed by atoms with Crippen molar-refractivity contribution in [1.82, 2.24) is 14.2 Å². The van der Waals surface area contributed by atoms with Gasteiger partial charge < -0.3 is 4.74 Å². The number of hydrogen-bond acceptors (Lipinski definition) is 3. The average Bonchev–Trinajstić information content (AvgIpc) is 2.93. The molecular formula is C18H13N3O2. The highest BCUT2D eigenvalue weighted by atomic mass is 16.5. The molecule has 112 valence electrons. The lowest BCUT2D eigenvalue weighted by Gasteiger charge is -2.06. The summed E-state index contributed by atoms with van der Waals surface area (Å²) in [6, 6.07) is 22.2. The monoisotopic (exact) mass is 303 g/mol. The Bertz CT molecular complexity index is 1020. The van der Waals surface area contributed by atoms with Gasteiger partial charge in [-0.15, -0.1) is 5.10 Å². The number of pyridine rings is 1. The summed E-state index contributed by atoms with van der Waals surface area (Å²) < 4.78 is 8.68. The highest BCUT2D eigenvalue weighted by Crippen LogP contribution is 2.22. The molecule has 0 N–H and O–H groups in total. The number of ether oxygens (including phenoxy) is 1. The molecule has 0 saturated heterocycles. The van der Waals surface area contributed by atoms with Crippen molar-refractivity contribution in [3.05, 3.63) is 89.5 Å². The number of rotatable bonds is 3. The third-order valence-corrected chi connectivity index (χ3v) is 3.47. The van der Waals surface area contributed by atoms with Gasteiger partial charge in [0.15, 0.2) is 5.65 Å². The molecule has 2 heterocycles. The maximum absolute atomic E-state index is 12.4. The van der Waals surface area contributed by atoms with Crippen molar-refractivity contribution in [2.45, 2.75) is 0 Å². The van der Waals surface area contributed by atoms with Gasteiger partial charge in [0.1, 0.15) is 11.5 Å². The quantitative estimate of drug-likeness (QED) is 0.583. The van der Waals surface area contributed by atoms with Crippen LogP contribution in [0.4, 0.5) is 0 Å². The Morgan fingerprint density at radius 3 is 2.43 bits per heavy atom. The Labute approximate surface area is 132 Å². The van der Waals surface area contributed by atoms with Gasteiger partial charge in [0.2, 0.25) is 0 Å². The second-order valence-corrected chi connectivity index (χ2v) is 5.04. The van der Waals surface area contributed by atoms with Crippen molar-refractivity contribution < 1.29 is 4.74 Å². The van der Waals surface area contributed by atoms with Gasteiger partial charge in [-0.1, -0.05) is 30.3 Å². The molecule has 4 aromatic rings. The van der Waals surface area contributed by atoms with Crippen LogP contribution in [0.25, 0.3) is 11.3 Å². The smallest absolute Gasteiger partial charge is 0.355 e. The Morgan fingerprint density at radius 1 is 0.826 bits per heavy atom. The van der Waals surface area contributed by atoms with Gasteiger partial charge in [-0.2, -0.15) is 4.68 Å². The van der Waals surface area contributed by atoms with E-state index >= 15 is 0 Å². The predicted molar refractivity (Wildman–Crippen MR) is 87.3 cm³/mol. The molecule has 0 amide bonds. The average molecular weight is 303 g/mol. The van der Waals surface area contributed by atoms with E-state index in [1.54, 1.807) is 24.4 Å². The van der Waals surface area contributed by atoms with Crippen LogP contribution in [0.1, 0.15) is 0 Å². The summed E-state index contributed by atoms with van der Waals surface area (Å²) in [6.07, 6.45) is 1.70. The fourth-order valence-electron chi connectivity index (χ4n) is 2.40. The van der Waals surface area contributed by atoms with Crippen LogP contribution >= 0.6 is 0 Å². The largest absolute Gasteiger partial charge is 0.457 e. The molecule has 0 atom stereocenters. The standard InChI is InChI=1S/C18H13N3O2/c22-18-20-12-5-4-11-17(20)19-21(18)14-7-6-10-16(13-14)23-15-8-2-1-3-9-15/h1-13H. The normalized spacial score (nSPS) is 10.8. The lowest BCUT2D eigenvalue weighted by molar-refractivity contribution is 0.482. The van der Waals surface area contributed by atoms with E-state index in [1.807, 2.05) is 54.6 Å². The van der Waals surface area contributed by atoms with Gasteiger partial charge in [-0.3, -0.25) is 0 Å². The summed E-state index contributed by atoms with van der Waals surface area (Å²) in [7, 11) is 0.